The van der Waals surface area contributed by atoms with Crippen LogP contribution in [0.1, 0.15) is 40.5 Å². The summed E-state index contributed by atoms with van der Waals surface area (Å²) in [6.45, 7) is 6.84. The van der Waals surface area contributed by atoms with Gasteiger partial charge in [-0.2, -0.15) is 0 Å². The van der Waals surface area contributed by atoms with Crippen molar-refractivity contribution < 1.29 is 19.8 Å². The molecule has 1 unspecified atom stereocenters. The molecule has 94 valence electrons. The van der Waals surface area contributed by atoms with Crippen LogP contribution in [0.25, 0.3) is 0 Å². The quantitative estimate of drug-likeness (QED) is 0.464. The normalized spacial score (nSPS) is 17.6. The van der Waals surface area contributed by atoms with E-state index < -0.39 is 23.2 Å². The molecule has 0 aliphatic heterocycles. The fourth-order valence-electron chi connectivity index (χ4n) is 1.24. The smallest absolute Gasteiger partial charge is 0.320 e. The van der Waals surface area contributed by atoms with Crippen LogP contribution < -0.4 is 5.32 Å². The third-order valence-electron chi connectivity index (χ3n) is 2.58. The van der Waals surface area contributed by atoms with Crippen molar-refractivity contribution in [1.29, 1.82) is 0 Å². The summed E-state index contributed by atoms with van der Waals surface area (Å²) < 4.78 is 0. The van der Waals surface area contributed by atoms with Gasteiger partial charge in [-0.25, -0.2) is 0 Å². The number of hydrogen-bond acceptors (Lipinski definition) is 4. The lowest BCUT2D eigenvalue weighted by Gasteiger charge is -2.38. The molecule has 0 fully saturated rings. The SMILES string of the molecule is CCCC(N[C@@](O)(C=O)C(C)(C)C)C(=O)O. The van der Waals surface area contributed by atoms with Gasteiger partial charge in [-0.3, -0.25) is 14.9 Å². The molecule has 3 N–H and O–H groups in total. The van der Waals surface area contributed by atoms with Crippen LogP contribution in [0.3, 0.4) is 0 Å². The van der Waals surface area contributed by atoms with Crippen molar-refractivity contribution in [3.8, 4) is 0 Å². The zero-order valence-electron chi connectivity index (χ0n) is 10.3. The monoisotopic (exact) mass is 231 g/mol. The van der Waals surface area contributed by atoms with E-state index in [1.165, 1.54) is 0 Å². The Morgan fingerprint density at radius 1 is 1.44 bits per heavy atom. The first-order valence-electron chi connectivity index (χ1n) is 5.37. The Balaban J connectivity index is 4.87. The molecule has 0 spiro atoms. The van der Waals surface area contributed by atoms with E-state index in [9.17, 15) is 14.7 Å². The van der Waals surface area contributed by atoms with Crippen LogP contribution in [-0.4, -0.2) is 34.2 Å². The molecule has 0 bridgehead atoms. The van der Waals surface area contributed by atoms with Crippen molar-refractivity contribution in [2.45, 2.75) is 52.3 Å². The standard InChI is InChI=1S/C11H21NO4/c1-5-6-8(9(14)15)12-11(16,7-13)10(2,3)4/h7-8,12,16H,5-6H2,1-4H3,(H,14,15)/t8?,11-/m1/s1. The summed E-state index contributed by atoms with van der Waals surface area (Å²) in [5, 5.41) is 21.5. The Labute approximate surface area is 95.9 Å². The number of carboxylic acid groups (broad SMARTS) is 1. The van der Waals surface area contributed by atoms with E-state index in [0.29, 0.717) is 19.1 Å². The number of aldehydes is 1. The molecule has 0 aromatic carbocycles. The van der Waals surface area contributed by atoms with Crippen molar-refractivity contribution in [3.63, 3.8) is 0 Å². The second-order valence-electron chi connectivity index (χ2n) is 4.96. The van der Waals surface area contributed by atoms with Gasteiger partial charge in [0.2, 0.25) is 0 Å². The number of aliphatic carboxylic acids is 1. The lowest BCUT2D eigenvalue weighted by Crippen LogP contribution is -2.61. The van der Waals surface area contributed by atoms with Crippen LogP contribution >= 0.6 is 0 Å². The van der Waals surface area contributed by atoms with Gasteiger partial charge in [-0.1, -0.05) is 34.1 Å². The Morgan fingerprint density at radius 2 is 1.94 bits per heavy atom. The molecular formula is C11H21NO4. The topological polar surface area (TPSA) is 86.6 Å². The van der Waals surface area contributed by atoms with Gasteiger partial charge in [0.25, 0.3) is 0 Å². The molecule has 2 atom stereocenters. The highest BCUT2D eigenvalue weighted by molar-refractivity contribution is 5.75. The molecule has 0 saturated carbocycles. The number of rotatable bonds is 6. The van der Waals surface area contributed by atoms with Gasteiger partial charge < -0.3 is 10.2 Å². The molecule has 0 rings (SSSR count). The minimum atomic E-state index is -1.83. The van der Waals surface area contributed by atoms with Crippen molar-refractivity contribution in [2.75, 3.05) is 0 Å². The Morgan fingerprint density at radius 3 is 2.19 bits per heavy atom. The van der Waals surface area contributed by atoms with Crippen molar-refractivity contribution in [3.05, 3.63) is 0 Å². The molecule has 0 aliphatic rings. The van der Waals surface area contributed by atoms with Gasteiger partial charge in [-0.05, 0) is 6.42 Å². The van der Waals surface area contributed by atoms with Gasteiger partial charge in [-0.15, -0.1) is 0 Å². The summed E-state index contributed by atoms with van der Waals surface area (Å²) in [6.07, 6.45) is 1.38. The molecule has 0 radical (unpaired) electrons. The third-order valence-corrected chi connectivity index (χ3v) is 2.58. The zero-order valence-corrected chi connectivity index (χ0v) is 10.3. The van der Waals surface area contributed by atoms with Gasteiger partial charge in [0.05, 0.1) is 0 Å². The van der Waals surface area contributed by atoms with Crippen molar-refractivity contribution >= 4 is 12.3 Å². The summed E-state index contributed by atoms with van der Waals surface area (Å²) >= 11 is 0. The van der Waals surface area contributed by atoms with E-state index in [-0.39, 0.29) is 0 Å². The third kappa shape index (κ3) is 3.57. The van der Waals surface area contributed by atoms with Crippen LogP contribution in [0, 0.1) is 5.41 Å². The van der Waals surface area contributed by atoms with Crippen LogP contribution in [-0.2, 0) is 9.59 Å². The summed E-state index contributed by atoms with van der Waals surface area (Å²) in [5.74, 6) is -1.06. The second kappa shape index (κ2) is 5.41. The fraction of sp³-hybridized carbons (Fsp3) is 0.818. The van der Waals surface area contributed by atoms with E-state index in [4.69, 9.17) is 5.11 Å². The minimum absolute atomic E-state index is 0.360. The molecule has 16 heavy (non-hydrogen) atoms. The molecule has 5 nitrogen and oxygen atoms in total. The van der Waals surface area contributed by atoms with E-state index in [1.807, 2.05) is 6.92 Å². The van der Waals surface area contributed by atoms with Gasteiger partial charge in [0, 0.05) is 5.41 Å². The highest BCUT2D eigenvalue weighted by Gasteiger charge is 2.42. The molecule has 0 aliphatic carbocycles. The largest absolute Gasteiger partial charge is 0.480 e. The number of carbonyl (C=O) groups excluding carboxylic acids is 1. The minimum Gasteiger partial charge on any atom is -0.480 e. The van der Waals surface area contributed by atoms with Crippen molar-refractivity contribution in [1.82, 2.24) is 5.32 Å². The van der Waals surface area contributed by atoms with Crippen LogP contribution in [0.4, 0.5) is 0 Å². The van der Waals surface area contributed by atoms with E-state index in [1.54, 1.807) is 20.8 Å². The highest BCUT2D eigenvalue weighted by atomic mass is 16.4. The predicted octanol–water partition coefficient (Wildman–Crippen LogP) is 0.763. The second-order valence-corrected chi connectivity index (χ2v) is 4.96. The maximum atomic E-state index is 10.9. The first-order valence-corrected chi connectivity index (χ1v) is 5.37. The van der Waals surface area contributed by atoms with Gasteiger partial charge in [0.1, 0.15) is 6.04 Å². The molecule has 0 aromatic heterocycles. The summed E-state index contributed by atoms with van der Waals surface area (Å²) in [5.41, 5.74) is -2.60. The number of hydrogen-bond donors (Lipinski definition) is 3. The van der Waals surface area contributed by atoms with Crippen LogP contribution in [0.15, 0.2) is 0 Å². The van der Waals surface area contributed by atoms with Gasteiger partial charge in [0.15, 0.2) is 12.0 Å². The van der Waals surface area contributed by atoms with Crippen molar-refractivity contribution in [2.24, 2.45) is 5.41 Å². The lowest BCUT2D eigenvalue weighted by atomic mass is 9.83. The average molecular weight is 231 g/mol. The molecule has 5 heteroatoms. The number of aliphatic hydroxyl groups is 1. The van der Waals surface area contributed by atoms with Gasteiger partial charge >= 0.3 is 5.97 Å². The molecule has 0 saturated heterocycles. The van der Waals surface area contributed by atoms with Crippen LogP contribution in [0.2, 0.25) is 0 Å². The predicted molar refractivity (Wildman–Crippen MR) is 59.9 cm³/mol. The molecule has 0 aromatic rings. The average Bonchev–Trinajstić information content (AvgIpc) is 2.15. The Hall–Kier alpha value is -0.940. The maximum absolute atomic E-state index is 10.9. The highest BCUT2D eigenvalue weighted by Crippen LogP contribution is 2.27. The summed E-state index contributed by atoms with van der Waals surface area (Å²) in [6, 6.07) is -0.917. The Kier molecular flexibility index (Phi) is 5.09. The lowest BCUT2D eigenvalue weighted by molar-refractivity contribution is -0.152. The van der Waals surface area contributed by atoms with Crippen LogP contribution in [0.5, 0.6) is 0 Å². The Bertz CT molecular complexity index is 259. The first kappa shape index (κ1) is 15.1. The first-order chi connectivity index (χ1) is 7.18. The van der Waals surface area contributed by atoms with E-state index in [2.05, 4.69) is 5.32 Å². The van der Waals surface area contributed by atoms with E-state index in [0.717, 1.165) is 0 Å². The number of nitrogens with one attached hydrogen (secondary N) is 1. The molecular weight excluding hydrogens is 210 g/mol. The molecule has 0 amide bonds. The summed E-state index contributed by atoms with van der Waals surface area (Å²) in [7, 11) is 0. The number of carboxylic acids is 1. The summed E-state index contributed by atoms with van der Waals surface area (Å²) in [4.78, 5) is 21.9. The maximum Gasteiger partial charge on any atom is 0.320 e. The fourth-order valence-corrected chi connectivity index (χ4v) is 1.24. The number of carbonyl (C=O) groups is 2. The zero-order chi connectivity index (χ0) is 13.0. The molecule has 0 heterocycles. The van der Waals surface area contributed by atoms with E-state index >= 15 is 0 Å².